The summed E-state index contributed by atoms with van der Waals surface area (Å²) < 4.78 is 6.24. The molecule has 0 atom stereocenters. The van der Waals surface area contributed by atoms with Gasteiger partial charge in [0, 0.05) is 27.8 Å². The molecule has 2 nitrogen and oxygen atoms in total. The van der Waals surface area contributed by atoms with Gasteiger partial charge in [0.15, 0.2) is 0 Å². The normalized spacial score (nSPS) is 12.6. The fourth-order valence-corrected chi connectivity index (χ4v) is 10.9. The van der Waals surface area contributed by atoms with Crippen LogP contribution < -0.4 is 4.90 Å². The van der Waals surface area contributed by atoms with Crippen LogP contribution in [0.15, 0.2) is 265 Å². The number of rotatable bonds is 8. The molecule has 0 saturated heterocycles. The van der Waals surface area contributed by atoms with E-state index in [1.807, 2.05) is 12.1 Å². The fraction of sp³-hybridized carbons (Fsp3) is 0.0154. The van der Waals surface area contributed by atoms with Crippen molar-refractivity contribution in [1.29, 1.82) is 0 Å². The summed E-state index contributed by atoms with van der Waals surface area (Å²) in [5.41, 5.74) is 19.2. The van der Waals surface area contributed by atoms with E-state index in [4.69, 9.17) is 4.42 Å². The van der Waals surface area contributed by atoms with E-state index in [9.17, 15) is 0 Å². The lowest BCUT2D eigenvalue weighted by Gasteiger charge is -2.35. The van der Waals surface area contributed by atoms with E-state index >= 15 is 0 Å². The SMILES string of the molecule is c1ccc(C2(c3ccccc3)c3ccccc3-c3ccc(N(c4ccc(-c5ccc(-c6cccc7ccccc67)cc5)cc4)c4cccc(-c5ccc6oc7ccccc7c6c5)c4)cc32)cc1. The van der Waals surface area contributed by atoms with Crippen molar-refractivity contribution in [1.82, 2.24) is 0 Å². The number of anilines is 3. The lowest BCUT2D eigenvalue weighted by Crippen LogP contribution is -2.28. The number of furan rings is 1. The third kappa shape index (κ3) is 6.33. The van der Waals surface area contributed by atoms with Gasteiger partial charge >= 0.3 is 0 Å². The smallest absolute Gasteiger partial charge is 0.135 e. The summed E-state index contributed by atoms with van der Waals surface area (Å²) in [4.78, 5) is 2.42. The third-order valence-corrected chi connectivity index (χ3v) is 14.0. The lowest BCUT2D eigenvalue weighted by molar-refractivity contribution is 0.669. The first kappa shape index (κ1) is 38.7. The van der Waals surface area contributed by atoms with Crippen molar-refractivity contribution < 1.29 is 4.42 Å². The second-order valence-electron chi connectivity index (χ2n) is 17.6. The standard InChI is InChI=1S/C65H43NO/c1-3-18-50(19-4-1)65(51-20-5-2-6-21-51)61-27-11-9-24-57(61)58-39-38-54(43-62(58)65)66(53-22-13-17-48(41-53)49-35-40-64-60(42-49)59-25-10-12-28-63(59)67-64)52-36-33-45(34-37-52)44-29-31-47(32-30-44)56-26-14-16-46-15-7-8-23-55(46)56/h1-43H. The van der Waals surface area contributed by atoms with Crippen molar-refractivity contribution in [3.05, 3.63) is 283 Å². The van der Waals surface area contributed by atoms with Gasteiger partial charge in [-0.2, -0.15) is 0 Å². The molecule has 0 amide bonds. The molecule has 0 fully saturated rings. The summed E-state index contributed by atoms with van der Waals surface area (Å²) in [5.74, 6) is 0. The van der Waals surface area contributed by atoms with E-state index in [1.54, 1.807) is 0 Å². The summed E-state index contributed by atoms with van der Waals surface area (Å²) in [6.07, 6.45) is 0. The summed E-state index contributed by atoms with van der Waals surface area (Å²) in [6.45, 7) is 0. The van der Waals surface area contributed by atoms with Crippen LogP contribution in [0.2, 0.25) is 0 Å². The molecule has 67 heavy (non-hydrogen) atoms. The van der Waals surface area contributed by atoms with Crippen LogP contribution in [-0.4, -0.2) is 0 Å². The van der Waals surface area contributed by atoms with E-state index in [-0.39, 0.29) is 0 Å². The van der Waals surface area contributed by atoms with Crippen LogP contribution >= 0.6 is 0 Å². The molecule has 1 aliphatic rings. The Morgan fingerprint density at radius 3 is 1.61 bits per heavy atom. The zero-order chi connectivity index (χ0) is 44.3. The number of nitrogens with zero attached hydrogens (tertiary/aromatic N) is 1. The molecule has 1 aliphatic carbocycles. The zero-order valence-corrected chi connectivity index (χ0v) is 36.7. The lowest BCUT2D eigenvalue weighted by atomic mass is 9.67. The van der Waals surface area contributed by atoms with Gasteiger partial charge in [0.25, 0.3) is 0 Å². The largest absolute Gasteiger partial charge is 0.456 e. The van der Waals surface area contributed by atoms with Crippen LogP contribution in [0.4, 0.5) is 17.1 Å². The van der Waals surface area contributed by atoms with E-state index in [1.165, 1.54) is 66.4 Å². The molecule has 1 heterocycles. The van der Waals surface area contributed by atoms with Crippen LogP contribution in [0.3, 0.4) is 0 Å². The fourth-order valence-electron chi connectivity index (χ4n) is 10.9. The van der Waals surface area contributed by atoms with Crippen LogP contribution in [0.25, 0.3) is 77.2 Å². The first-order valence-corrected chi connectivity index (χ1v) is 23.1. The Kier molecular flexibility index (Phi) is 9.11. The first-order valence-electron chi connectivity index (χ1n) is 23.1. The Labute approximate surface area is 390 Å². The Hall–Kier alpha value is -8.72. The minimum atomic E-state index is -0.525. The van der Waals surface area contributed by atoms with Crippen molar-refractivity contribution in [2.24, 2.45) is 0 Å². The number of fused-ring (bicyclic) bond motifs is 7. The third-order valence-electron chi connectivity index (χ3n) is 14.0. The van der Waals surface area contributed by atoms with E-state index in [2.05, 4.69) is 254 Å². The van der Waals surface area contributed by atoms with Gasteiger partial charge in [-0.15, -0.1) is 0 Å². The van der Waals surface area contributed by atoms with Crippen molar-refractivity contribution in [2.45, 2.75) is 5.41 Å². The van der Waals surface area contributed by atoms with Crippen molar-refractivity contribution in [2.75, 3.05) is 4.90 Å². The highest BCUT2D eigenvalue weighted by molar-refractivity contribution is 6.06. The molecule has 11 aromatic carbocycles. The van der Waals surface area contributed by atoms with Gasteiger partial charge in [0.1, 0.15) is 11.2 Å². The average Bonchev–Trinajstić information content (AvgIpc) is 3.93. The molecule has 314 valence electrons. The van der Waals surface area contributed by atoms with Gasteiger partial charge in [0.05, 0.1) is 5.41 Å². The maximum atomic E-state index is 6.24. The molecular formula is C65H43NO. The molecule has 1 aromatic heterocycles. The number of hydrogen-bond donors (Lipinski definition) is 0. The maximum absolute atomic E-state index is 6.24. The summed E-state index contributed by atoms with van der Waals surface area (Å²) in [7, 11) is 0. The van der Waals surface area contributed by atoms with Crippen molar-refractivity contribution in [3.63, 3.8) is 0 Å². The highest BCUT2D eigenvalue weighted by Crippen LogP contribution is 2.57. The Morgan fingerprint density at radius 2 is 0.821 bits per heavy atom. The Bertz CT molecular complexity index is 3750. The highest BCUT2D eigenvalue weighted by atomic mass is 16.3. The van der Waals surface area contributed by atoms with Crippen LogP contribution in [-0.2, 0) is 5.41 Å². The minimum Gasteiger partial charge on any atom is -0.456 e. The second-order valence-corrected chi connectivity index (χ2v) is 17.6. The first-order chi connectivity index (χ1) is 33.2. The monoisotopic (exact) mass is 853 g/mol. The van der Waals surface area contributed by atoms with Crippen LogP contribution in [0.5, 0.6) is 0 Å². The number of hydrogen-bond acceptors (Lipinski definition) is 2. The molecule has 0 N–H and O–H groups in total. The van der Waals surface area contributed by atoms with Gasteiger partial charge in [-0.1, -0.05) is 206 Å². The molecular weight excluding hydrogens is 811 g/mol. The molecule has 12 aromatic rings. The number of para-hydroxylation sites is 1. The Morgan fingerprint density at radius 1 is 0.284 bits per heavy atom. The van der Waals surface area contributed by atoms with Crippen molar-refractivity contribution >= 4 is 49.8 Å². The minimum absolute atomic E-state index is 0.525. The molecule has 0 spiro atoms. The molecule has 2 heteroatoms. The average molecular weight is 854 g/mol. The molecule has 13 rings (SSSR count). The van der Waals surface area contributed by atoms with E-state index in [0.29, 0.717) is 0 Å². The summed E-state index contributed by atoms with van der Waals surface area (Å²) >= 11 is 0. The molecule has 0 saturated carbocycles. The van der Waals surface area contributed by atoms with Crippen LogP contribution in [0.1, 0.15) is 22.3 Å². The van der Waals surface area contributed by atoms with Crippen molar-refractivity contribution in [3.8, 4) is 44.5 Å². The Balaban J connectivity index is 0.962. The van der Waals surface area contributed by atoms with Gasteiger partial charge < -0.3 is 9.32 Å². The molecule has 0 radical (unpaired) electrons. The van der Waals surface area contributed by atoms with E-state index in [0.717, 1.165) is 50.1 Å². The van der Waals surface area contributed by atoms with Gasteiger partial charge in [-0.05, 0) is 132 Å². The summed E-state index contributed by atoms with van der Waals surface area (Å²) in [6, 6.07) is 95.2. The summed E-state index contributed by atoms with van der Waals surface area (Å²) in [5, 5.41) is 4.76. The predicted molar refractivity (Wildman–Crippen MR) is 280 cm³/mol. The molecule has 0 aliphatic heterocycles. The molecule has 0 unspecified atom stereocenters. The van der Waals surface area contributed by atoms with Gasteiger partial charge in [-0.3, -0.25) is 0 Å². The quantitative estimate of drug-likeness (QED) is 0.151. The van der Waals surface area contributed by atoms with Crippen LogP contribution in [0, 0.1) is 0 Å². The topological polar surface area (TPSA) is 16.4 Å². The number of benzene rings is 11. The molecule has 0 bridgehead atoms. The predicted octanol–water partition coefficient (Wildman–Crippen LogP) is 17.6. The second kappa shape index (κ2) is 15.8. The van der Waals surface area contributed by atoms with Gasteiger partial charge in [-0.25, -0.2) is 0 Å². The maximum Gasteiger partial charge on any atom is 0.135 e. The zero-order valence-electron chi connectivity index (χ0n) is 36.7. The van der Waals surface area contributed by atoms with Gasteiger partial charge in [0.2, 0.25) is 0 Å². The van der Waals surface area contributed by atoms with E-state index < -0.39 is 5.41 Å². The highest BCUT2D eigenvalue weighted by Gasteiger charge is 2.46.